The Morgan fingerprint density at radius 2 is 0.767 bits per heavy atom. The van der Waals surface area contributed by atoms with Crippen LogP contribution in [0, 0.1) is 30.2 Å². The number of nitrogens with zero attached hydrogens (tertiary/aromatic N) is 4. The van der Waals surface area contributed by atoms with Crippen LogP contribution in [0.4, 0.5) is 5.69 Å². The molecule has 4 heteroatoms. The van der Waals surface area contributed by atoms with Gasteiger partial charge in [0.15, 0.2) is 23.2 Å². The minimum absolute atomic E-state index is 0.0429. The Morgan fingerprint density at radius 1 is 0.383 bits per heavy atom. The quantitative estimate of drug-likeness (QED) is 0.158. The van der Waals surface area contributed by atoms with E-state index in [-0.39, 0.29) is 5.41 Å². The molecule has 0 unspecified atom stereocenters. The first-order valence-electron chi connectivity index (χ1n) is 21.5. The van der Waals surface area contributed by atoms with Crippen molar-refractivity contribution >= 4 is 5.69 Å². The zero-order valence-corrected chi connectivity index (χ0v) is 33.3. The molecule has 5 aliphatic carbocycles. The van der Waals surface area contributed by atoms with Gasteiger partial charge in [0.2, 0.25) is 0 Å². The summed E-state index contributed by atoms with van der Waals surface area (Å²) < 4.78 is 0. The van der Waals surface area contributed by atoms with E-state index in [0.717, 1.165) is 39.7 Å². The maximum atomic E-state index is 7.38. The summed E-state index contributed by atoms with van der Waals surface area (Å²) in [6.07, 6.45) is 6.81. The maximum absolute atomic E-state index is 7.38. The normalized spacial score (nSPS) is 21.7. The third-order valence-corrected chi connectivity index (χ3v) is 14.4. The van der Waals surface area contributed by atoms with Crippen molar-refractivity contribution in [3.05, 3.63) is 192 Å². The first kappa shape index (κ1) is 35.0. The second-order valence-electron chi connectivity index (χ2n) is 17.5. The molecule has 5 aliphatic rings. The van der Waals surface area contributed by atoms with Gasteiger partial charge in [0.1, 0.15) is 0 Å². The van der Waals surface area contributed by atoms with Gasteiger partial charge in [-0.05, 0) is 111 Å². The molecular formula is C56H42N4. The van der Waals surface area contributed by atoms with Crippen molar-refractivity contribution in [1.29, 1.82) is 0 Å². The van der Waals surface area contributed by atoms with E-state index >= 15 is 0 Å². The van der Waals surface area contributed by atoms with Gasteiger partial charge in [-0.25, -0.2) is 19.8 Å². The van der Waals surface area contributed by atoms with Gasteiger partial charge in [0, 0.05) is 22.1 Å². The lowest BCUT2D eigenvalue weighted by atomic mass is 9.43. The van der Waals surface area contributed by atoms with Gasteiger partial charge in [0.05, 0.1) is 6.57 Å². The Bertz CT molecular complexity index is 2880. The highest BCUT2D eigenvalue weighted by Gasteiger charge is 2.62. The van der Waals surface area contributed by atoms with Crippen molar-refractivity contribution in [1.82, 2.24) is 15.0 Å². The molecule has 286 valence electrons. The molecule has 0 aliphatic heterocycles. The molecule has 60 heavy (non-hydrogen) atoms. The molecule has 0 N–H and O–H groups in total. The fourth-order valence-corrected chi connectivity index (χ4v) is 12.1. The predicted octanol–water partition coefficient (Wildman–Crippen LogP) is 14.1. The van der Waals surface area contributed by atoms with E-state index in [0.29, 0.717) is 35.0 Å². The topological polar surface area (TPSA) is 43.0 Å². The minimum atomic E-state index is 0.0429. The van der Waals surface area contributed by atoms with Crippen LogP contribution in [0.25, 0.3) is 83.5 Å². The lowest BCUT2D eigenvalue weighted by molar-refractivity contribution is -0.0399. The Labute approximate surface area is 351 Å². The van der Waals surface area contributed by atoms with Crippen molar-refractivity contribution in [3.63, 3.8) is 0 Å². The molecule has 0 amide bonds. The summed E-state index contributed by atoms with van der Waals surface area (Å²) in [5, 5.41) is 0. The minimum Gasteiger partial charge on any atom is -0.238 e. The highest BCUT2D eigenvalue weighted by atomic mass is 15.0. The van der Waals surface area contributed by atoms with E-state index in [2.05, 4.69) is 126 Å². The molecule has 4 bridgehead atoms. The number of hydrogen-bond donors (Lipinski definition) is 0. The van der Waals surface area contributed by atoms with E-state index in [1.165, 1.54) is 65.5 Å². The average molecular weight is 771 g/mol. The molecule has 4 fully saturated rings. The summed E-state index contributed by atoms with van der Waals surface area (Å²) in [5.74, 6) is 5.09. The summed E-state index contributed by atoms with van der Waals surface area (Å²) >= 11 is 0. The van der Waals surface area contributed by atoms with Crippen molar-refractivity contribution < 1.29 is 0 Å². The zero-order chi connectivity index (χ0) is 39.8. The van der Waals surface area contributed by atoms with Gasteiger partial charge in [-0.3, -0.25) is 0 Å². The van der Waals surface area contributed by atoms with E-state index in [1.54, 1.807) is 11.1 Å². The average Bonchev–Trinajstić information content (AvgIpc) is 3.62. The lowest BCUT2D eigenvalue weighted by Gasteiger charge is -2.61. The van der Waals surface area contributed by atoms with Gasteiger partial charge >= 0.3 is 0 Å². The monoisotopic (exact) mass is 770 g/mol. The molecular weight excluding hydrogens is 729 g/mol. The van der Waals surface area contributed by atoms with Crippen molar-refractivity contribution in [2.24, 2.45) is 23.7 Å². The summed E-state index contributed by atoms with van der Waals surface area (Å²) in [4.78, 5) is 18.6. The molecule has 4 saturated carbocycles. The molecule has 0 atom stereocenters. The van der Waals surface area contributed by atoms with Crippen LogP contribution in [-0.2, 0) is 5.41 Å². The van der Waals surface area contributed by atoms with Gasteiger partial charge in [-0.15, -0.1) is 0 Å². The summed E-state index contributed by atoms with van der Waals surface area (Å²) in [6.45, 7) is 7.38. The Kier molecular flexibility index (Phi) is 8.07. The van der Waals surface area contributed by atoms with Gasteiger partial charge in [-0.1, -0.05) is 170 Å². The van der Waals surface area contributed by atoms with Crippen molar-refractivity contribution in [2.75, 3.05) is 0 Å². The molecule has 0 radical (unpaired) electrons. The summed E-state index contributed by atoms with van der Waals surface area (Å²) in [7, 11) is 0. The van der Waals surface area contributed by atoms with Crippen LogP contribution in [0.3, 0.4) is 0 Å². The number of fused-ring (bicyclic) bond motifs is 3. The van der Waals surface area contributed by atoms with Gasteiger partial charge < -0.3 is 0 Å². The molecule has 1 heterocycles. The van der Waals surface area contributed by atoms with Crippen LogP contribution in [0.15, 0.2) is 170 Å². The molecule has 1 aromatic heterocycles. The molecule has 1 spiro atoms. The Balaban J connectivity index is 0.997. The van der Waals surface area contributed by atoms with Crippen LogP contribution >= 0.6 is 0 Å². The molecule has 8 aromatic rings. The fourth-order valence-electron chi connectivity index (χ4n) is 12.1. The standard InChI is InChI=1S/C56H42N4/c1-57-46-28-26-38(27-29-46)37-18-20-39(21-19-37)47-14-8-16-49-51(47)52-48(15-9-17-50(52)56(49)44-31-35-30-36(33-44)34-45(56)32-35)40-22-24-43(25-23-40)55-59-53(41-10-4-2-5-11-41)58-54(60-55)42-12-6-3-7-13-42/h2-29,35-36,44-45H,30-34H2. The molecule has 7 aromatic carbocycles. The third kappa shape index (κ3) is 5.46. The molecule has 4 nitrogen and oxygen atoms in total. The first-order valence-corrected chi connectivity index (χ1v) is 21.5. The van der Waals surface area contributed by atoms with Crippen LogP contribution in [0.2, 0.25) is 0 Å². The first-order chi connectivity index (χ1) is 29.6. The molecule has 0 saturated heterocycles. The fraction of sp³-hybridized carbons (Fsp3) is 0.179. The number of hydrogen-bond acceptors (Lipinski definition) is 3. The summed E-state index contributed by atoms with van der Waals surface area (Å²) in [5.41, 5.74) is 16.9. The molecule has 13 rings (SSSR count). The number of benzene rings is 7. The van der Waals surface area contributed by atoms with E-state index < -0.39 is 0 Å². The Hall–Kier alpha value is -6.96. The maximum Gasteiger partial charge on any atom is 0.187 e. The summed E-state index contributed by atoms with van der Waals surface area (Å²) in [6, 6.07) is 60.7. The lowest BCUT2D eigenvalue weighted by Crippen LogP contribution is -2.55. The highest BCUT2D eigenvalue weighted by molar-refractivity contribution is 6.00. The zero-order valence-electron chi connectivity index (χ0n) is 33.3. The van der Waals surface area contributed by atoms with Crippen molar-refractivity contribution in [2.45, 2.75) is 37.5 Å². The second-order valence-corrected chi connectivity index (χ2v) is 17.5. The van der Waals surface area contributed by atoms with E-state index in [4.69, 9.17) is 21.5 Å². The van der Waals surface area contributed by atoms with Crippen molar-refractivity contribution in [3.8, 4) is 78.7 Å². The van der Waals surface area contributed by atoms with Gasteiger partial charge in [0.25, 0.3) is 0 Å². The van der Waals surface area contributed by atoms with Crippen LogP contribution in [-0.4, -0.2) is 15.0 Å². The van der Waals surface area contributed by atoms with Crippen LogP contribution < -0.4 is 0 Å². The smallest absolute Gasteiger partial charge is 0.187 e. The second kappa shape index (κ2) is 13.8. The number of aromatic nitrogens is 3. The van der Waals surface area contributed by atoms with E-state index in [9.17, 15) is 0 Å². The van der Waals surface area contributed by atoms with Crippen LogP contribution in [0.5, 0.6) is 0 Å². The van der Waals surface area contributed by atoms with E-state index in [1.807, 2.05) is 48.5 Å². The SMILES string of the molecule is [C-]#[N+]c1ccc(-c2ccc(-c3cccc4c3-c3c(-c5ccc(-c6nc(-c7ccccc7)nc(-c7ccccc7)n6)cc5)cccc3C43C4CC5CC(C4)CC3C5)cc2)cc1. The largest absolute Gasteiger partial charge is 0.238 e. The third-order valence-electron chi connectivity index (χ3n) is 14.4. The van der Waals surface area contributed by atoms with Crippen LogP contribution in [0.1, 0.15) is 43.2 Å². The Morgan fingerprint density at radius 3 is 1.20 bits per heavy atom. The van der Waals surface area contributed by atoms with Gasteiger partial charge in [-0.2, -0.15) is 0 Å². The number of rotatable bonds is 6. The predicted molar refractivity (Wildman–Crippen MR) is 242 cm³/mol. The highest BCUT2D eigenvalue weighted by Crippen LogP contribution is 2.70.